The van der Waals surface area contributed by atoms with Crippen molar-refractivity contribution in [3.8, 4) is 0 Å². The highest BCUT2D eigenvalue weighted by Gasteiger charge is 2.13. The summed E-state index contributed by atoms with van der Waals surface area (Å²) >= 11 is 0. The number of rotatable bonds is 5. The van der Waals surface area contributed by atoms with Gasteiger partial charge in [0.25, 0.3) is 0 Å². The number of carbonyl (C=O) groups is 1. The quantitative estimate of drug-likeness (QED) is 0.912. The minimum Gasteiger partial charge on any atom is -0.478 e. The first-order valence-electron chi connectivity index (χ1n) is 5.91. The Balaban J connectivity index is 2.03. The van der Waals surface area contributed by atoms with Crippen LogP contribution in [0.2, 0.25) is 0 Å². The van der Waals surface area contributed by atoms with Crippen molar-refractivity contribution in [3.05, 3.63) is 70.8 Å². The van der Waals surface area contributed by atoms with Gasteiger partial charge in [-0.2, -0.15) is 0 Å². The fraction of sp³-hybridized carbons (Fsp3) is 0.133. The second-order valence-electron chi connectivity index (χ2n) is 4.17. The number of hydrogen-bond donors (Lipinski definition) is 1. The molecular formula is C15H12F2O3. The van der Waals surface area contributed by atoms with Crippen LogP contribution in [0.25, 0.3) is 0 Å². The molecule has 0 radical (unpaired) electrons. The van der Waals surface area contributed by atoms with Gasteiger partial charge in [0, 0.05) is 11.1 Å². The topological polar surface area (TPSA) is 46.5 Å². The number of carboxylic acids is 1. The maximum absolute atomic E-state index is 13.8. The van der Waals surface area contributed by atoms with Gasteiger partial charge in [-0.25, -0.2) is 13.6 Å². The van der Waals surface area contributed by atoms with Crippen molar-refractivity contribution in [2.24, 2.45) is 0 Å². The summed E-state index contributed by atoms with van der Waals surface area (Å²) in [6.07, 6.45) is 0. The highest BCUT2D eigenvalue weighted by atomic mass is 19.1. The first-order chi connectivity index (χ1) is 9.59. The number of ether oxygens (including phenoxy) is 1. The van der Waals surface area contributed by atoms with E-state index < -0.39 is 23.2 Å². The Morgan fingerprint density at radius 2 is 1.65 bits per heavy atom. The molecule has 2 aromatic rings. The summed E-state index contributed by atoms with van der Waals surface area (Å²) < 4.78 is 32.4. The Morgan fingerprint density at radius 3 is 2.35 bits per heavy atom. The lowest BCUT2D eigenvalue weighted by molar-refractivity contribution is 0.0689. The van der Waals surface area contributed by atoms with Gasteiger partial charge in [0.1, 0.15) is 11.6 Å². The van der Waals surface area contributed by atoms with Crippen molar-refractivity contribution in [1.29, 1.82) is 0 Å². The number of halogens is 2. The Kier molecular flexibility index (Phi) is 4.42. The van der Waals surface area contributed by atoms with Crippen LogP contribution in [0.3, 0.4) is 0 Å². The normalized spacial score (nSPS) is 10.5. The van der Waals surface area contributed by atoms with Crippen LogP contribution in [0.15, 0.2) is 42.5 Å². The molecule has 0 bridgehead atoms. The van der Waals surface area contributed by atoms with Crippen molar-refractivity contribution in [2.75, 3.05) is 0 Å². The fourth-order valence-electron chi connectivity index (χ4n) is 1.74. The van der Waals surface area contributed by atoms with E-state index in [1.807, 2.05) is 0 Å². The van der Waals surface area contributed by atoms with E-state index in [0.29, 0.717) is 5.56 Å². The van der Waals surface area contributed by atoms with Crippen LogP contribution in [0.4, 0.5) is 8.78 Å². The third kappa shape index (κ3) is 3.19. The molecule has 1 N–H and O–H groups in total. The van der Waals surface area contributed by atoms with Crippen LogP contribution in [-0.2, 0) is 18.0 Å². The third-order valence-corrected chi connectivity index (χ3v) is 2.78. The number of benzene rings is 2. The van der Waals surface area contributed by atoms with Crippen molar-refractivity contribution >= 4 is 5.97 Å². The molecule has 0 heterocycles. The molecule has 0 fully saturated rings. The summed E-state index contributed by atoms with van der Waals surface area (Å²) in [4.78, 5) is 10.8. The summed E-state index contributed by atoms with van der Waals surface area (Å²) in [7, 11) is 0. The predicted molar refractivity (Wildman–Crippen MR) is 68.3 cm³/mol. The third-order valence-electron chi connectivity index (χ3n) is 2.78. The lowest BCUT2D eigenvalue weighted by atomic mass is 10.1. The molecule has 20 heavy (non-hydrogen) atoms. The molecule has 0 aliphatic heterocycles. The van der Waals surface area contributed by atoms with Gasteiger partial charge in [-0.15, -0.1) is 0 Å². The highest BCUT2D eigenvalue weighted by molar-refractivity contribution is 5.88. The van der Waals surface area contributed by atoms with Gasteiger partial charge in [-0.3, -0.25) is 0 Å². The average Bonchev–Trinajstić information content (AvgIpc) is 2.42. The van der Waals surface area contributed by atoms with Crippen LogP contribution in [-0.4, -0.2) is 11.1 Å². The number of hydrogen-bond acceptors (Lipinski definition) is 2. The summed E-state index contributed by atoms with van der Waals surface area (Å²) in [6, 6.07) is 10.2. The van der Waals surface area contributed by atoms with Crippen molar-refractivity contribution in [2.45, 2.75) is 13.2 Å². The van der Waals surface area contributed by atoms with Crippen molar-refractivity contribution in [3.63, 3.8) is 0 Å². The van der Waals surface area contributed by atoms with E-state index in [4.69, 9.17) is 9.84 Å². The summed E-state index contributed by atoms with van der Waals surface area (Å²) in [5.74, 6) is -2.56. The minimum absolute atomic E-state index is 0.0105. The van der Waals surface area contributed by atoms with E-state index in [9.17, 15) is 13.6 Å². The SMILES string of the molecule is O=C(O)c1cccc(COCc2ccccc2F)c1F. The molecule has 0 spiro atoms. The second kappa shape index (κ2) is 6.25. The van der Waals surface area contributed by atoms with Gasteiger partial charge in [-0.05, 0) is 12.1 Å². The molecule has 0 saturated carbocycles. The smallest absolute Gasteiger partial charge is 0.338 e. The molecule has 0 aliphatic rings. The Hall–Kier alpha value is -2.27. The molecule has 2 aromatic carbocycles. The zero-order valence-electron chi connectivity index (χ0n) is 10.5. The van der Waals surface area contributed by atoms with Crippen LogP contribution in [0.5, 0.6) is 0 Å². The number of aromatic carboxylic acids is 1. The molecular weight excluding hydrogens is 266 g/mol. The second-order valence-corrected chi connectivity index (χ2v) is 4.17. The largest absolute Gasteiger partial charge is 0.478 e. The summed E-state index contributed by atoms with van der Waals surface area (Å²) in [5.41, 5.74) is 0.0838. The average molecular weight is 278 g/mol. The molecule has 2 rings (SSSR count). The lowest BCUT2D eigenvalue weighted by Crippen LogP contribution is -2.05. The van der Waals surface area contributed by atoms with E-state index in [-0.39, 0.29) is 18.8 Å². The van der Waals surface area contributed by atoms with Crippen molar-refractivity contribution in [1.82, 2.24) is 0 Å². The zero-order valence-corrected chi connectivity index (χ0v) is 10.5. The molecule has 0 amide bonds. The van der Waals surface area contributed by atoms with Gasteiger partial charge in [-0.1, -0.05) is 30.3 Å². The maximum Gasteiger partial charge on any atom is 0.338 e. The monoisotopic (exact) mass is 278 g/mol. The van der Waals surface area contributed by atoms with Gasteiger partial charge in [0.15, 0.2) is 0 Å². The van der Waals surface area contributed by atoms with E-state index in [1.165, 1.54) is 24.3 Å². The van der Waals surface area contributed by atoms with E-state index in [0.717, 1.165) is 0 Å². The van der Waals surface area contributed by atoms with Gasteiger partial charge in [0.2, 0.25) is 0 Å². The zero-order chi connectivity index (χ0) is 14.5. The highest BCUT2D eigenvalue weighted by Crippen LogP contribution is 2.15. The standard InChI is InChI=1S/C15H12F2O3/c16-13-7-2-1-4-10(13)8-20-9-11-5-3-6-12(14(11)17)15(18)19/h1-7H,8-9H2,(H,18,19). The molecule has 0 aliphatic carbocycles. The van der Waals surface area contributed by atoms with Gasteiger partial charge < -0.3 is 9.84 Å². The van der Waals surface area contributed by atoms with Gasteiger partial charge in [0.05, 0.1) is 18.8 Å². The van der Waals surface area contributed by atoms with Crippen molar-refractivity contribution < 1.29 is 23.4 Å². The first-order valence-corrected chi connectivity index (χ1v) is 5.91. The Labute approximate surface area is 114 Å². The van der Waals surface area contributed by atoms with E-state index >= 15 is 0 Å². The van der Waals surface area contributed by atoms with Crippen LogP contribution in [0.1, 0.15) is 21.5 Å². The van der Waals surface area contributed by atoms with E-state index in [2.05, 4.69) is 0 Å². The Morgan fingerprint density at radius 1 is 1.00 bits per heavy atom. The molecule has 0 unspecified atom stereocenters. The minimum atomic E-state index is -1.33. The Bertz CT molecular complexity index is 626. The van der Waals surface area contributed by atoms with E-state index in [1.54, 1.807) is 18.2 Å². The van der Waals surface area contributed by atoms with Crippen LogP contribution >= 0.6 is 0 Å². The molecule has 0 saturated heterocycles. The molecule has 104 valence electrons. The first kappa shape index (κ1) is 14.1. The van der Waals surface area contributed by atoms with Crippen LogP contribution in [0, 0.1) is 11.6 Å². The predicted octanol–water partition coefficient (Wildman–Crippen LogP) is 3.38. The lowest BCUT2D eigenvalue weighted by Gasteiger charge is -2.07. The van der Waals surface area contributed by atoms with Crippen LogP contribution < -0.4 is 0 Å². The maximum atomic E-state index is 13.8. The van der Waals surface area contributed by atoms with Gasteiger partial charge >= 0.3 is 5.97 Å². The molecule has 3 nitrogen and oxygen atoms in total. The number of carboxylic acid groups (broad SMARTS) is 1. The molecule has 0 aromatic heterocycles. The summed E-state index contributed by atoms with van der Waals surface area (Å²) in [5, 5.41) is 8.80. The fourth-order valence-corrected chi connectivity index (χ4v) is 1.74. The molecule has 5 heteroatoms. The summed E-state index contributed by atoms with van der Waals surface area (Å²) in [6.45, 7) is -0.134. The molecule has 0 atom stereocenters.